The zero-order chi connectivity index (χ0) is 22.4. The minimum absolute atomic E-state index is 0.0766. The number of hydrogen-bond donors (Lipinski definition) is 0. The molecule has 0 bridgehead atoms. The number of fused-ring (bicyclic) bond motifs is 4. The molecule has 4 heteroatoms. The molecule has 2 atom stereocenters. The Balaban J connectivity index is 1.50. The fourth-order valence-corrected chi connectivity index (χ4v) is 10.9. The van der Waals surface area contributed by atoms with E-state index in [4.69, 9.17) is 9.47 Å². The van der Waals surface area contributed by atoms with Gasteiger partial charge in [-0.1, -0.05) is 55.5 Å². The van der Waals surface area contributed by atoms with Crippen molar-refractivity contribution in [2.45, 2.75) is 50.4 Å². The summed E-state index contributed by atoms with van der Waals surface area (Å²) in [4.78, 5) is 5.29. The van der Waals surface area contributed by atoms with E-state index in [9.17, 15) is 0 Å². The van der Waals surface area contributed by atoms with Gasteiger partial charge in [0.05, 0.1) is 21.8 Å². The molecule has 0 spiro atoms. The largest absolute Gasteiger partial charge is 0.447 e. The summed E-state index contributed by atoms with van der Waals surface area (Å²) in [6.45, 7) is 4.79. The molecule has 0 saturated carbocycles. The van der Waals surface area contributed by atoms with E-state index in [1.165, 1.54) is 19.6 Å². The molecule has 2 aliphatic heterocycles. The van der Waals surface area contributed by atoms with Crippen LogP contribution in [-0.2, 0) is 21.8 Å². The Morgan fingerprint density at radius 1 is 0.545 bits per heavy atom. The van der Waals surface area contributed by atoms with Crippen molar-refractivity contribution in [2.24, 2.45) is 0 Å². The fourth-order valence-electron chi connectivity index (χ4n) is 4.91. The highest BCUT2D eigenvalue weighted by Crippen LogP contribution is 2.51. The minimum Gasteiger partial charge on any atom is -0.447 e. The van der Waals surface area contributed by atoms with Gasteiger partial charge >= 0.3 is 0 Å². The van der Waals surface area contributed by atoms with Crippen LogP contribution in [0.5, 0.6) is 23.0 Å². The monoisotopic (exact) mass is 470 g/mol. The van der Waals surface area contributed by atoms with Crippen molar-refractivity contribution < 1.29 is 9.47 Å². The molecule has 0 fully saturated rings. The van der Waals surface area contributed by atoms with Gasteiger partial charge in [0.15, 0.2) is 33.5 Å². The summed E-state index contributed by atoms with van der Waals surface area (Å²) in [7, 11) is -0.160. The maximum absolute atomic E-state index is 6.33. The van der Waals surface area contributed by atoms with Crippen molar-refractivity contribution >= 4 is 21.8 Å². The van der Waals surface area contributed by atoms with E-state index in [-0.39, 0.29) is 21.8 Å². The first kappa shape index (κ1) is 20.8. The van der Waals surface area contributed by atoms with Gasteiger partial charge in [-0.15, -0.1) is 0 Å². The van der Waals surface area contributed by atoms with Crippen molar-refractivity contribution in [1.29, 1.82) is 0 Å². The molecule has 6 rings (SSSR count). The Labute approximate surface area is 201 Å². The van der Waals surface area contributed by atoms with E-state index < -0.39 is 0 Å². The first-order chi connectivity index (χ1) is 16.3. The highest BCUT2D eigenvalue weighted by molar-refractivity contribution is 8.01. The quantitative estimate of drug-likeness (QED) is 0.283. The van der Waals surface area contributed by atoms with Gasteiger partial charge in [0.2, 0.25) is 19.6 Å². The Morgan fingerprint density at radius 2 is 0.879 bits per heavy atom. The normalized spacial score (nSPS) is 16.3. The Hall–Kier alpha value is -2.82. The molecule has 2 heterocycles. The number of para-hydroxylation sites is 4. The Kier molecular flexibility index (Phi) is 5.35. The van der Waals surface area contributed by atoms with Gasteiger partial charge in [0, 0.05) is 0 Å². The van der Waals surface area contributed by atoms with Gasteiger partial charge < -0.3 is 9.47 Å². The zero-order valence-electron chi connectivity index (χ0n) is 18.7. The zero-order valence-corrected chi connectivity index (χ0v) is 20.4. The van der Waals surface area contributed by atoms with Gasteiger partial charge in [0.1, 0.15) is 0 Å². The lowest BCUT2D eigenvalue weighted by molar-refractivity contribution is 0.450. The second kappa shape index (κ2) is 8.51. The smallest absolute Gasteiger partial charge is 0.203 e. The highest BCUT2D eigenvalue weighted by atomic mass is 32.2. The lowest BCUT2D eigenvalue weighted by atomic mass is 10.2. The maximum Gasteiger partial charge on any atom is 0.203 e. The van der Waals surface area contributed by atoms with Gasteiger partial charge in [-0.25, -0.2) is 0 Å². The number of hydrogen-bond acceptors (Lipinski definition) is 2. The van der Waals surface area contributed by atoms with E-state index in [2.05, 4.69) is 111 Å². The number of rotatable bonds is 4. The first-order valence-electron chi connectivity index (χ1n) is 11.4. The first-order valence-corrected chi connectivity index (χ1v) is 14.0. The van der Waals surface area contributed by atoms with Crippen LogP contribution in [0.1, 0.15) is 20.3 Å². The van der Waals surface area contributed by atoms with E-state index in [0.29, 0.717) is 10.5 Å². The van der Waals surface area contributed by atoms with Gasteiger partial charge in [-0.3, -0.25) is 0 Å². The van der Waals surface area contributed by atoms with Crippen molar-refractivity contribution in [3.05, 3.63) is 97.1 Å². The molecule has 4 aromatic rings. The molecule has 0 radical (unpaired) electrons. The molecule has 4 aromatic carbocycles. The van der Waals surface area contributed by atoms with E-state index >= 15 is 0 Å². The van der Waals surface area contributed by atoms with Gasteiger partial charge in [-0.05, 0) is 61.9 Å². The van der Waals surface area contributed by atoms with Crippen molar-refractivity contribution in [3.63, 3.8) is 0 Å². The molecule has 0 unspecified atom stereocenters. The van der Waals surface area contributed by atoms with Crippen molar-refractivity contribution in [3.8, 4) is 23.0 Å². The summed E-state index contributed by atoms with van der Waals surface area (Å²) in [5, 5.41) is 0.905. The second-order valence-corrected chi connectivity index (χ2v) is 12.8. The standard InChI is InChI=1S/C29H26O2S2/c1-3-25(33-28-18-10-6-14-23(28)31-24-15-7-11-19-29(24)33)20(2)32-26-16-8-4-12-21(26)30-22-13-5-9-17-27(22)32/h4-20,25H,3H2,1-2H3/q+2/t20-,25+/m0/s1. The second-order valence-electron chi connectivity index (χ2n) is 8.32. The summed E-state index contributed by atoms with van der Waals surface area (Å²) in [6, 6.07) is 34.4. The predicted octanol–water partition coefficient (Wildman–Crippen LogP) is 7.84. The predicted molar refractivity (Wildman–Crippen MR) is 137 cm³/mol. The molecule has 0 N–H and O–H groups in total. The van der Waals surface area contributed by atoms with E-state index in [1.54, 1.807) is 0 Å². The van der Waals surface area contributed by atoms with E-state index in [1.807, 2.05) is 0 Å². The molecule has 0 amide bonds. The molecule has 2 nitrogen and oxygen atoms in total. The van der Waals surface area contributed by atoms with Crippen LogP contribution in [0.25, 0.3) is 0 Å². The highest BCUT2D eigenvalue weighted by Gasteiger charge is 2.53. The molecule has 0 aliphatic carbocycles. The van der Waals surface area contributed by atoms with Crippen LogP contribution >= 0.6 is 0 Å². The molecule has 2 aliphatic rings. The fraction of sp³-hybridized carbons (Fsp3) is 0.172. The summed E-state index contributed by atoms with van der Waals surface area (Å²) in [5.74, 6) is 4.00. The molecule has 164 valence electrons. The van der Waals surface area contributed by atoms with Crippen LogP contribution < -0.4 is 9.47 Å². The molecular formula is C29H26O2S2+2. The van der Waals surface area contributed by atoms with Crippen LogP contribution in [0.4, 0.5) is 0 Å². The van der Waals surface area contributed by atoms with Gasteiger partial charge in [0.25, 0.3) is 0 Å². The molecule has 33 heavy (non-hydrogen) atoms. The average molecular weight is 471 g/mol. The van der Waals surface area contributed by atoms with Crippen molar-refractivity contribution in [2.75, 3.05) is 0 Å². The SMILES string of the molecule is CC[C@H]([C@H](C)[S+]1c2ccccc2Oc2ccccc21)[S+]1c2ccccc2Oc2ccccc21. The van der Waals surface area contributed by atoms with E-state index in [0.717, 1.165) is 29.4 Å². The molecular weight excluding hydrogens is 444 g/mol. The average Bonchev–Trinajstić information content (AvgIpc) is 2.87. The van der Waals surface area contributed by atoms with Crippen LogP contribution in [0.15, 0.2) is 117 Å². The third kappa shape index (κ3) is 3.44. The maximum atomic E-state index is 6.33. The van der Waals surface area contributed by atoms with Crippen LogP contribution in [0.3, 0.4) is 0 Å². The Morgan fingerprint density at radius 3 is 1.24 bits per heavy atom. The van der Waals surface area contributed by atoms with Crippen molar-refractivity contribution in [1.82, 2.24) is 0 Å². The lowest BCUT2D eigenvalue weighted by Gasteiger charge is -2.29. The summed E-state index contributed by atoms with van der Waals surface area (Å²) in [5.41, 5.74) is 0. The third-order valence-electron chi connectivity index (χ3n) is 6.38. The minimum atomic E-state index is -0.0834. The van der Waals surface area contributed by atoms with Gasteiger partial charge in [-0.2, -0.15) is 0 Å². The summed E-state index contributed by atoms with van der Waals surface area (Å²) >= 11 is 0. The lowest BCUT2D eigenvalue weighted by Crippen LogP contribution is -2.39. The summed E-state index contributed by atoms with van der Waals surface area (Å²) < 4.78 is 12.6. The van der Waals surface area contributed by atoms with Crippen LogP contribution in [0.2, 0.25) is 0 Å². The summed E-state index contributed by atoms with van der Waals surface area (Å²) in [6.07, 6.45) is 1.10. The van der Waals surface area contributed by atoms with Crippen LogP contribution in [-0.4, -0.2) is 10.5 Å². The topological polar surface area (TPSA) is 18.5 Å². The number of benzene rings is 4. The third-order valence-corrected chi connectivity index (χ3v) is 12.2. The molecule has 0 saturated heterocycles. The molecule has 0 aromatic heterocycles. The number of ether oxygens (including phenoxy) is 2. The van der Waals surface area contributed by atoms with Crippen LogP contribution in [0, 0.1) is 0 Å². The Bertz CT molecular complexity index is 1230.